The molecule has 0 aliphatic heterocycles. The Labute approximate surface area is 177 Å². The smallest absolute Gasteiger partial charge is 0.251 e. The molecule has 3 aromatic rings. The van der Waals surface area contributed by atoms with Crippen LogP contribution in [0.3, 0.4) is 0 Å². The van der Waals surface area contributed by atoms with E-state index in [-0.39, 0.29) is 5.91 Å². The Morgan fingerprint density at radius 3 is 2.66 bits per heavy atom. The second-order valence-corrected chi connectivity index (χ2v) is 7.94. The summed E-state index contributed by atoms with van der Waals surface area (Å²) in [6, 6.07) is 13.5. The number of benzene rings is 2. The molecule has 0 spiro atoms. The number of carbonyl (C=O) groups is 1. The minimum Gasteiger partial charge on any atom is -0.348 e. The van der Waals surface area contributed by atoms with Crippen LogP contribution in [-0.2, 0) is 13.1 Å². The lowest BCUT2D eigenvalue weighted by atomic mass is 9.92. The van der Waals surface area contributed by atoms with Crippen LogP contribution >= 0.6 is 11.6 Å². The molecule has 0 aliphatic carbocycles. The van der Waals surface area contributed by atoms with Gasteiger partial charge in [-0.1, -0.05) is 37.6 Å². The van der Waals surface area contributed by atoms with Crippen LogP contribution < -0.4 is 11.1 Å². The number of halogens is 1. The Kier molecular flexibility index (Phi) is 6.68. The Bertz CT molecular complexity index is 1030. The first-order valence-corrected chi connectivity index (χ1v) is 10.1. The number of nitrogens with one attached hydrogen (secondary N) is 1. The molecule has 2 aromatic carbocycles. The molecular weight excluding hydrogens is 382 g/mol. The quantitative estimate of drug-likeness (QED) is 0.588. The fourth-order valence-electron chi connectivity index (χ4n) is 3.46. The molecule has 0 saturated heterocycles. The molecule has 0 aliphatic rings. The van der Waals surface area contributed by atoms with Crippen molar-refractivity contribution in [3.8, 4) is 11.1 Å². The first-order chi connectivity index (χ1) is 13.9. The average molecular weight is 408 g/mol. The van der Waals surface area contributed by atoms with E-state index in [1.807, 2.05) is 55.7 Å². The van der Waals surface area contributed by atoms with Crippen molar-refractivity contribution in [3.05, 3.63) is 87.7 Å². The van der Waals surface area contributed by atoms with Gasteiger partial charge in [0.15, 0.2) is 0 Å². The Morgan fingerprint density at radius 2 is 1.93 bits per heavy atom. The minimum absolute atomic E-state index is 0.132. The highest BCUT2D eigenvalue weighted by Gasteiger charge is 2.13. The molecule has 0 radical (unpaired) electrons. The second-order valence-electron chi connectivity index (χ2n) is 7.51. The molecule has 0 unspecified atom stereocenters. The van der Waals surface area contributed by atoms with E-state index in [0.29, 0.717) is 29.6 Å². The highest BCUT2D eigenvalue weighted by Crippen LogP contribution is 2.29. The van der Waals surface area contributed by atoms with Gasteiger partial charge in [-0.25, -0.2) is 0 Å². The number of aryl methyl sites for hydroxylation is 1. The van der Waals surface area contributed by atoms with Crippen LogP contribution in [0, 0.1) is 6.92 Å². The summed E-state index contributed by atoms with van der Waals surface area (Å²) in [6.07, 6.45) is 3.67. The summed E-state index contributed by atoms with van der Waals surface area (Å²) in [5.74, 6) is 0.233. The van der Waals surface area contributed by atoms with Gasteiger partial charge in [0, 0.05) is 41.6 Å². The second kappa shape index (κ2) is 9.21. The van der Waals surface area contributed by atoms with Crippen molar-refractivity contribution in [2.45, 2.75) is 39.8 Å². The highest BCUT2D eigenvalue weighted by molar-refractivity contribution is 6.30. The topological polar surface area (TPSA) is 68.0 Å². The number of pyridine rings is 1. The maximum absolute atomic E-state index is 12.9. The summed E-state index contributed by atoms with van der Waals surface area (Å²) < 4.78 is 0. The zero-order valence-electron chi connectivity index (χ0n) is 17.0. The van der Waals surface area contributed by atoms with Crippen molar-refractivity contribution in [1.29, 1.82) is 0 Å². The lowest BCUT2D eigenvalue weighted by Gasteiger charge is -2.14. The monoisotopic (exact) mass is 407 g/mol. The number of aromatic nitrogens is 1. The van der Waals surface area contributed by atoms with E-state index in [1.54, 1.807) is 0 Å². The van der Waals surface area contributed by atoms with Gasteiger partial charge in [0.25, 0.3) is 5.91 Å². The normalized spacial score (nSPS) is 11.0. The molecule has 5 heteroatoms. The number of nitrogens with two attached hydrogens (primary N) is 1. The molecule has 4 nitrogen and oxygen atoms in total. The first kappa shape index (κ1) is 21.0. The third-order valence-electron chi connectivity index (χ3n) is 4.95. The molecule has 0 bridgehead atoms. The van der Waals surface area contributed by atoms with Crippen LogP contribution in [0.2, 0.25) is 5.02 Å². The maximum atomic E-state index is 12.9. The zero-order valence-corrected chi connectivity index (χ0v) is 17.8. The molecular formula is C24H26ClN3O. The predicted molar refractivity (Wildman–Crippen MR) is 119 cm³/mol. The van der Waals surface area contributed by atoms with E-state index in [9.17, 15) is 4.79 Å². The van der Waals surface area contributed by atoms with E-state index in [1.165, 1.54) is 5.56 Å². The third-order valence-corrected chi connectivity index (χ3v) is 5.19. The summed E-state index contributed by atoms with van der Waals surface area (Å²) in [5.41, 5.74) is 12.6. The molecule has 0 fully saturated rings. The fourth-order valence-corrected chi connectivity index (χ4v) is 3.65. The molecule has 1 aromatic heterocycles. The van der Waals surface area contributed by atoms with E-state index >= 15 is 0 Å². The molecule has 3 rings (SSSR count). The van der Waals surface area contributed by atoms with Gasteiger partial charge in [0.05, 0.1) is 0 Å². The SMILES string of the molecule is Cc1cc(C(=O)NCc2cc(Cl)ccc2CN)cc(-c2cnccc2C(C)C)c1. The van der Waals surface area contributed by atoms with Crippen molar-refractivity contribution in [2.24, 2.45) is 5.73 Å². The molecule has 1 heterocycles. The summed E-state index contributed by atoms with van der Waals surface area (Å²) in [4.78, 5) is 17.2. The fraction of sp³-hybridized carbons (Fsp3) is 0.250. The van der Waals surface area contributed by atoms with Gasteiger partial charge in [-0.2, -0.15) is 0 Å². The summed E-state index contributed by atoms with van der Waals surface area (Å²) in [7, 11) is 0. The summed E-state index contributed by atoms with van der Waals surface area (Å²) in [5, 5.41) is 3.62. The van der Waals surface area contributed by atoms with Gasteiger partial charge in [0.2, 0.25) is 0 Å². The Morgan fingerprint density at radius 1 is 1.14 bits per heavy atom. The minimum atomic E-state index is -0.132. The molecule has 0 saturated carbocycles. The summed E-state index contributed by atoms with van der Waals surface area (Å²) in [6.45, 7) is 7.08. The van der Waals surface area contributed by atoms with Crippen molar-refractivity contribution >= 4 is 17.5 Å². The van der Waals surface area contributed by atoms with E-state index in [2.05, 4.69) is 30.2 Å². The van der Waals surface area contributed by atoms with Crippen molar-refractivity contribution < 1.29 is 4.79 Å². The molecule has 29 heavy (non-hydrogen) atoms. The molecule has 1 amide bonds. The van der Waals surface area contributed by atoms with Crippen molar-refractivity contribution in [1.82, 2.24) is 10.3 Å². The van der Waals surface area contributed by atoms with Crippen LogP contribution in [-0.4, -0.2) is 10.9 Å². The predicted octanol–water partition coefficient (Wildman–Crippen LogP) is 5.22. The largest absolute Gasteiger partial charge is 0.348 e. The third kappa shape index (κ3) is 5.03. The number of hydrogen-bond acceptors (Lipinski definition) is 3. The molecule has 3 N–H and O–H groups in total. The number of hydrogen-bond donors (Lipinski definition) is 2. The highest BCUT2D eigenvalue weighted by atomic mass is 35.5. The number of nitrogens with zero attached hydrogens (tertiary/aromatic N) is 1. The Balaban J connectivity index is 1.87. The Hall–Kier alpha value is -2.69. The van der Waals surface area contributed by atoms with Crippen molar-refractivity contribution in [2.75, 3.05) is 0 Å². The van der Waals surface area contributed by atoms with Crippen LogP contribution in [0.4, 0.5) is 0 Å². The lowest BCUT2D eigenvalue weighted by molar-refractivity contribution is 0.0951. The van der Waals surface area contributed by atoms with Crippen LogP contribution in [0.15, 0.2) is 54.9 Å². The van der Waals surface area contributed by atoms with Crippen molar-refractivity contribution in [3.63, 3.8) is 0 Å². The van der Waals surface area contributed by atoms with Crippen LogP contribution in [0.1, 0.15) is 52.4 Å². The van der Waals surface area contributed by atoms with Crippen LogP contribution in [0.25, 0.3) is 11.1 Å². The van der Waals surface area contributed by atoms with Gasteiger partial charge < -0.3 is 11.1 Å². The zero-order chi connectivity index (χ0) is 21.0. The lowest BCUT2D eigenvalue weighted by Crippen LogP contribution is -2.24. The molecule has 0 atom stereocenters. The van der Waals surface area contributed by atoms with E-state index in [0.717, 1.165) is 27.8 Å². The van der Waals surface area contributed by atoms with Crippen LogP contribution in [0.5, 0.6) is 0 Å². The average Bonchev–Trinajstić information content (AvgIpc) is 2.71. The first-order valence-electron chi connectivity index (χ1n) is 9.70. The number of rotatable bonds is 6. The maximum Gasteiger partial charge on any atom is 0.251 e. The van der Waals surface area contributed by atoms with Gasteiger partial charge >= 0.3 is 0 Å². The van der Waals surface area contributed by atoms with Gasteiger partial charge in [0.1, 0.15) is 0 Å². The molecule has 150 valence electrons. The van der Waals surface area contributed by atoms with E-state index in [4.69, 9.17) is 17.3 Å². The standard InChI is InChI=1S/C24H26ClN3O/c1-15(2)22-6-7-27-14-23(22)18-8-16(3)9-19(10-18)24(29)28-13-20-11-21(25)5-4-17(20)12-26/h4-11,14-15H,12-13,26H2,1-3H3,(H,28,29). The van der Waals surface area contributed by atoms with Gasteiger partial charge in [-0.05, 0) is 71.0 Å². The van der Waals surface area contributed by atoms with Gasteiger partial charge in [-0.3, -0.25) is 9.78 Å². The van der Waals surface area contributed by atoms with Gasteiger partial charge in [-0.15, -0.1) is 0 Å². The summed E-state index contributed by atoms with van der Waals surface area (Å²) >= 11 is 6.10. The number of amides is 1. The van der Waals surface area contributed by atoms with E-state index < -0.39 is 0 Å². The number of carbonyl (C=O) groups excluding carboxylic acids is 1.